The van der Waals surface area contributed by atoms with Crippen LogP contribution in [0.15, 0.2) is 119 Å². The number of benzene rings is 4. The molecule has 0 aliphatic rings. The Balaban J connectivity index is 0.000000249. The fraction of sp³-hybridized carbons (Fsp3) is 0.235. The van der Waals surface area contributed by atoms with E-state index < -0.39 is 0 Å². The molecule has 4 aromatic rings. The summed E-state index contributed by atoms with van der Waals surface area (Å²) in [6.07, 6.45) is 0. The first kappa shape index (κ1) is 36.1. The highest BCUT2D eigenvalue weighted by Gasteiger charge is 2.23. The molecule has 0 spiro atoms. The van der Waals surface area contributed by atoms with Gasteiger partial charge in [0.2, 0.25) is 0 Å². The lowest BCUT2D eigenvalue weighted by atomic mass is 10.1. The fourth-order valence-corrected chi connectivity index (χ4v) is 5.09. The summed E-state index contributed by atoms with van der Waals surface area (Å²) in [4.78, 5) is 25.0. The molecule has 0 fully saturated rings. The molecule has 0 amide bonds. The van der Waals surface area contributed by atoms with Gasteiger partial charge in [0, 0.05) is 9.79 Å². The maximum atomic E-state index is 12.2. The van der Waals surface area contributed by atoms with Crippen LogP contribution < -0.4 is 0 Å². The number of aliphatic hydroxyl groups is 2. The summed E-state index contributed by atoms with van der Waals surface area (Å²) in [5, 5.41) is 17.3. The van der Waals surface area contributed by atoms with Crippen LogP contribution in [0.1, 0.15) is 46.2 Å². The van der Waals surface area contributed by atoms with Crippen molar-refractivity contribution >= 4 is 52.3 Å². The number of thioether (sulfide) groups is 1. The van der Waals surface area contributed by atoms with Gasteiger partial charge in [0.1, 0.15) is 10.1 Å². The van der Waals surface area contributed by atoms with Gasteiger partial charge < -0.3 is 19.7 Å². The summed E-state index contributed by atoms with van der Waals surface area (Å²) in [5.41, 5.74) is 3.62. The van der Waals surface area contributed by atoms with Crippen molar-refractivity contribution in [2.75, 3.05) is 13.2 Å². The summed E-state index contributed by atoms with van der Waals surface area (Å²) < 4.78 is 10.0. The monoisotopic (exact) mass is 684 g/mol. The van der Waals surface area contributed by atoms with E-state index in [0.29, 0.717) is 13.2 Å². The van der Waals surface area contributed by atoms with Crippen LogP contribution in [0.4, 0.5) is 0 Å². The molecule has 0 aromatic heterocycles. The topological polar surface area (TPSA) is 93.1 Å². The highest BCUT2D eigenvalue weighted by molar-refractivity contribution is 9.09. The van der Waals surface area contributed by atoms with E-state index in [1.165, 1.54) is 11.8 Å². The zero-order chi connectivity index (χ0) is 31.5. The molecule has 2 unspecified atom stereocenters. The Hall–Kier alpha value is -3.08. The average molecular weight is 686 g/mol. The summed E-state index contributed by atoms with van der Waals surface area (Å²) >= 11 is 8.82. The zero-order valence-electron chi connectivity index (χ0n) is 24.1. The highest BCUT2D eigenvalue weighted by atomic mass is 79.9. The molecule has 2 N–H and O–H groups in total. The second kappa shape index (κ2) is 20.8. The van der Waals surface area contributed by atoms with Crippen LogP contribution >= 0.6 is 40.3 Å². The number of rotatable bonds is 10. The molecule has 9 heteroatoms. The third kappa shape index (κ3) is 13.4. The van der Waals surface area contributed by atoms with Gasteiger partial charge in [0.25, 0.3) is 0 Å². The molecule has 0 radical (unpaired) electrons. The number of esters is 2. The largest absolute Gasteiger partial charge is 0.465 e. The van der Waals surface area contributed by atoms with E-state index in [2.05, 4.69) is 28.6 Å². The van der Waals surface area contributed by atoms with Gasteiger partial charge in [-0.15, -0.1) is 24.4 Å². The van der Waals surface area contributed by atoms with Gasteiger partial charge in [0.15, 0.2) is 0 Å². The summed E-state index contributed by atoms with van der Waals surface area (Å²) in [6, 6.07) is 34.0. The molecule has 43 heavy (non-hydrogen) atoms. The number of carbonyl (C=O) groups is 2. The molecular weight excluding hydrogens is 648 g/mol. The van der Waals surface area contributed by atoms with E-state index in [4.69, 9.17) is 19.7 Å². The Morgan fingerprint density at radius 2 is 1.14 bits per heavy atom. The summed E-state index contributed by atoms with van der Waals surface area (Å²) in [6.45, 7) is 4.50. The van der Waals surface area contributed by atoms with Crippen LogP contribution in [-0.4, -0.2) is 35.4 Å². The van der Waals surface area contributed by atoms with Gasteiger partial charge in [-0.05, 0) is 60.4 Å². The van der Waals surface area contributed by atoms with E-state index >= 15 is 0 Å². The summed E-state index contributed by atoms with van der Waals surface area (Å²) in [5.74, 6) is -0.478. The molecule has 228 valence electrons. The first-order valence-corrected chi connectivity index (χ1v) is 15.9. The van der Waals surface area contributed by atoms with Crippen molar-refractivity contribution in [3.05, 3.63) is 131 Å². The molecule has 0 saturated carbocycles. The normalized spacial score (nSPS) is 11.5. The van der Waals surface area contributed by atoms with E-state index in [1.807, 2.05) is 109 Å². The van der Waals surface area contributed by atoms with Gasteiger partial charge in [0.05, 0.1) is 26.4 Å². The minimum Gasteiger partial charge on any atom is -0.465 e. The van der Waals surface area contributed by atoms with Crippen LogP contribution in [0.3, 0.4) is 0 Å². The van der Waals surface area contributed by atoms with Crippen molar-refractivity contribution in [1.29, 1.82) is 0 Å². The fourth-order valence-electron chi connectivity index (χ4n) is 3.48. The third-order valence-electron chi connectivity index (χ3n) is 5.67. The SMILES string of the molecule is CCOC(=O)C(Br)c1ccccc1.CCOC(=O)C(Sc1ccc(CO)cc1)c1ccccc1.OCc1ccc(S)cc1. The van der Waals surface area contributed by atoms with Gasteiger partial charge in [-0.1, -0.05) is 101 Å². The van der Waals surface area contributed by atoms with E-state index in [9.17, 15) is 9.59 Å². The van der Waals surface area contributed by atoms with Crippen molar-refractivity contribution in [1.82, 2.24) is 0 Å². The van der Waals surface area contributed by atoms with Gasteiger partial charge in [-0.3, -0.25) is 9.59 Å². The Labute approximate surface area is 272 Å². The molecule has 0 heterocycles. The molecule has 0 bridgehead atoms. The summed E-state index contributed by atoms with van der Waals surface area (Å²) in [7, 11) is 0. The molecule has 0 saturated heterocycles. The Bertz CT molecular complexity index is 1340. The predicted octanol–water partition coefficient (Wildman–Crippen LogP) is 7.73. The number of halogens is 1. The third-order valence-corrected chi connectivity index (χ3v) is 8.11. The highest BCUT2D eigenvalue weighted by Crippen LogP contribution is 2.36. The number of hydrogen-bond donors (Lipinski definition) is 3. The average Bonchev–Trinajstić information content (AvgIpc) is 3.05. The second-order valence-corrected chi connectivity index (χ2v) is 11.4. The molecule has 2 atom stereocenters. The van der Waals surface area contributed by atoms with Crippen LogP contribution in [0.2, 0.25) is 0 Å². The van der Waals surface area contributed by atoms with Crippen molar-refractivity contribution in [3.8, 4) is 0 Å². The van der Waals surface area contributed by atoms with Crippen molar-refractivity contribution < 1.29 is 29.3 Å². The Morgan fingerprint density at radius 1 is 0.698 bits per heavy atom. The Kier molecular flexibility index (Phi) is 17.4. The van der Waals surface area contributed by atoms with Crippen LogP contribution in [0.25, 0.3) is 0 Å². The maximum Gasteiger partial charge on any atom is 0.324 e. The number of ether oxygens (including phenoxy) is 2. The lowest BCUT2D eigenvalue weighted by molar-refractivity contribution is -0.143. The molecule has 0 aliphatic carbocycles. The van der Waals surface area contributed by atoms with Crippen molar-refractivity contribution in [3.63, 3.8) is 0 Å². The van der Waals surface area contributed by atoms with Crippen LogP contribution in [0, 0.1) is 0 Å². The van der Waals surface area contributed by atoms with Crippen LogP contribution in [0.5, 0.6) is 0 Å². The molecule has 4 rings (SSSR count). The number of alkyl halides is 1. The minimum absolute atomic E-state index is 0.0188. The quantitative estimate of drug-likeness (QED) is 0.0681. The standard InChI is InChI=1S/C17H18O3S.C10H11BrO2.C7H8OS/c1-2-20-17(19)16(14-6-4-3-5-7-14)21-15-10-8-13(12-18)9-11-15;1-2-13-10(12)9(11)8-6-4-3-5-7-8;8-5-6-1-3-7(9)4-2-6/h3-11,16,18H,2,12H2,1H3;3-7,9H,2H2,1H3;1-4,8-9H,5H2. The van der Waals surface area contributed by atoms with Gasteiger partial charge in [-0.2, -0.15) is 0 Å². The zero-order valence-corrected chi connectivity index (χ0v) is 27.4. The lowest BCUT2D eigenvalue weighted by Gasteiger charge is -2.15. The number of hydrogen-bond acceptors (Lipinski definition) is 8. The van der Waals surface area contributed by atoms with Gasteiger partial charge >= 0.3 is 11.9 Å². The smallest absolute Gasteiger partial charge is 0.324 e. The Morgan fingerprint density at radius 3 is 1.60 bits per heavy atom. The van der Waals surface area contributed by atoms with E-state index in [-0.39, 0.29) is 35.2 Å². The minimum atomic E-state index is -0.383. The number of thiol groups is 1. The first-order chi connectivity index (χ1) is 20.8. The van der Waals surface area contributed by atoms with Gasteiger partial charge in [-0.25, -0.2) is 0 Å². The van der Waals surface area contributed by atoms with Crippen LogP contribution in [-0.2, 0) is 32.3 Å². The van der Waals surface area contributed by atoms with E-state index in [0.717, 1.165) is 32.0 Å². The molecule has 4 aromatic carbocycles. The maximum absolute atomic E-state index is 12.2. The molecule has 6 nitrogen and oxygen atoms in total. The first-order valence-electron chi connectivity index (χ1n) is 13.6. The van der Waals surface area contributed by atoms with Crippen molar-refractivity contribution in [2.45, 2.75) is 46.9 Å². The second-order valence-electron chi connectivity index (χ2n) is 8.81. The molecular formula is C34H37BrO6S2. The predicted molar refractivity (Wildman–Crippen MR) is 178 cm³/mol. The number of carbonyl (C=O) groups excluding carboxylic acids is 2. The number of aliphatic hydroxyl groups excluding tert-OH is 2. The van der Waals surface area contributed by atoms with Crippen molar-refractivity contribution in [2.24, 2.45) is 0 Å². The molecule has 0 aliphatic heterocycles. The lowest BCUT2D eigenvalue weighted by Crippen LogP contribution is -2.13. The van der Waals surface area contributed by atoms with E-state index in [1.54, 1.807) is 13.8 Å².